The molecule has 0 radical (unpaired) electrons. The molecular weight excluding hydrogens is 414 g/mol. The minimum absolute atomic E-state index is 0.0506. The van der Waals surface area contributed by atoms with E-state index in [2.05, 4.69) is 47.5 Å². The molecule has 3 aromatic rings. The normalized spacial score (nSPS) is 19.0. The van der Waals surface area contributed by atoms with Crippen molar-refractivity contribution in [2.24, 2.45) is 0 Å². The molecule has 10 heteroatoms. The second-order valence-electron chi connectivity index (χ2n) is 8.13. The van der Waals surface area contributed by atoms with Gasteiger partial charge in [-0.3, -0.25) is 15.0 Å². The first-order valence-electron chi connectivity index (χ1n) is 10.8. The molecule has 1 unspecified atom stereocenters. The molecule has 1 aliphatic heterocycles. The van der Waals surface area contributed by atoms with Gasteiger partial charge < -0.3 is 4.90 Å². The first-order chi connectivity index (χ1) is 15.2. The first kappa shape index (κ1) is 20.1. The third-order valence-corrected chi connectivity index (χ3v) is 7.28. The van der Waals surface area contributed by atoms with E-state index in [1.165, 1.54) is 17.7 Å². The Bertz CT molecular complexity index is 1010. The second-order valence-corrected chi connectivity index (χ2v) is 9.11. The number of non-ortho nitro benzene ring substituents is 1. The van der Waals surface area contributed by atoms with Gasteiger partial charge in [0.05, 0.1) is 11.0 Å². The van der Waals surface area contributed by atoms with Gasteiger partial charge in [-0.05, 0) is 46.8 Å². The monoisotopic (exact) mass is 439 g/mol. The molecule has 0 amide bonds. The van der Waals surface area contributed by atoms with E-state index in [9.17, 15) is 10.1 Å². The third kappa shape index (κ3) is 4.05. The van der Waals surface area contributed by atoms with E-state index in [0.717, 1.165) is 50.5 Å². The zero-order valence-electron chi connectivity index (χ0n) is 17.2. The molecule has 2 aliphatic rings. The SMILES string of the molecule is O=[N+]([O-])c1ccc(N2CCN(C(c3cccs3)c3nnnn3C3CCCC3)CC2)cc1. The molecule has 5 rings (SSSR count). The quantitative estimate of drug-likeness (QED) is 0.427. The zero-order valence-corrected chi connectivity index (χ0v) is 18.0. The molecule has 1 aliphatic carbocycles. The Morgan fingerprint density at radius 1 is 1.06 bits per heavy atom. The van der Waals surface area contributed by atoms with Crippen LogP contribution in [0.4, 0.5) is 11.4 Å². The van der Waals surface area contributed by atoms with Crippen LogP contribution < -0.4 is 4.90 Å². The molecule has 3 heterocycles. The number of hydrogen-bond donors (Lipinski definition) is 0. The lowest BCUT2D eigenvalue weighted by atomic mass is 10.1. The minimum Gasteiger partial charge on any atom is -0.369 e. The van der Waals surface area contributed by atoms with E-state index in [0.29, 0.717) is 6.04 Å². The van der Waals surface area contributed by atoms with Gasteiger partial charge in [0.1, 0.15) is 6.04 Å². The van der Waals surface area contributed by atoms with Crippen molar-refractivity contribution in [3.63, 3.8) is 0 Å². The highest BCUT2D eigenvalue weighted by atomic mass is 32.1. The molecule has 1 saturated carbocycles. The van der Waals surface area contributed by atoms with Crippen LogP contribution in [-0.2, 0) is 0 Å². The molecule has 1 aromatic carbocycles. The molecule has 0 bridgehead atoms. The van der Waals surface area contributed by atoms with Crippen molar-refractivity contribution in [1.82, 2.24) is 25.1 Å². The Labute approximate surface area is 184 Å². The minimum atomic E-state index is -0.359. The van der Waals surface area contributed by atoms with Crippen molar-refractivity contribution in [2.45, 2.75) is 37.8 Å². The topological polar surface area (TPSA) is 93.2 Å². The Balaban J connectivity index is 1.35. The molecular formula is C21H25N7O2S. The predicted octanol–water partition coefficient (Wildman–Crippen LogP) is 3.67. The average molecular weight is 440 g/mol. The fourth-order valence-electron chi connectivity index (χ4n) is 4.73. The molecule has 31 heavy (non-hydrogen) atoms. The van der Waals surface area contributed by atoms with Crippen molar-refractivity contribution in [3.05, 3.63) is 62.6 Å². The number of thiophene rings is 1. The molecule has 2 fully saturated rings. The Hall–Kier alpha value is -2.85. The number of piperazine rings is 1. The van der Waals surface area contributed by atoms with Crippen LogP contribution in [0, 0.1) is 10.1 Å². The number of nitro groups is 1. The molecule has 0 spiro atoms. The van der Waals surface area contributed by atoms with Gasteiger partial charge >= 0.3 is 0 Å². The molecule has 9 nitrogen and oxygen atoms in total. The van der Waals surface area contributed by atoms with E-state index in [1.807, 2.05) is 12.1 Å². The molecule has 162 valence electrons. The Kier molecular flexibility index (Phi) is 5.65. The number of nitrogens with zero attached hydrogens (tertiary/aromatic N) is 7. The number of aromatic nitrogens is 4. The van der Waals surface area contributed by atoms with Gasteiger partial charge in [0.25, 0.3) is 5.69 Å². The van der Waals surface area contributed by atoms with Gasteiger partial charge in [0.2, 0.25) is 0 Å². The number of tetrazole rings is 1. The second kappa shape index (κ2) is 8.72. The summed E-state index contributed by atoms with van der Waals surface area (Å²) in [4.78, 5) is 16.6. The van der Waals surface area contributed by atoms with Crippen LogP contribution in [0.15, 0.2) is 41.8 Å². The Morgan fingerprint density at radius 2 is 1.81 bits per heavy atom. The maximum Gasteiger partial charge on any atom is 0.269 e. The van der Waals surface area contributed by atoms with E-state index in [1.54, 1.807) is 23.5 Å². The van der Waals surface area contributed by atoms with Gasteiger partial charge in [0, 0.05) is 48.9 Å². The van der Waals surface area contributed by atoms with Crippen LogP contribution in [0.5, 0.6) is 0 Å². The van der Waals surface area contributed by atoms with Crippen molar-refractivity contribution in [2.75, 3.05) is 31.1 Å². The smallest absolute Gasteiger partial charge is 0.269 e. The summed E-state index contributed by atoms with van der Waals surface area (Å²) in [5.41, 5.74) is 1.15. The Morgan fingerprint density at radius 3 is 2.45 bits per heavy atom. The lowest BCUT2D eigenvalue weighted by molar-refractivity contribution is -0.384. The summed E-state index contributed by atoms with van der Waals surface area (Å²) >= 11 is 1.75. The van der Waals surface area contributed by atoms with Crippen molar-refractivity contribution >= 4 is 22.7 Å². The van der Waals surface area contributed by atoms with Crippen LogP contribution in [0.2, 0.25) is 0 Å². The van der Waals surface area contributed by atoms with Crippen LogP contribution in [0.3, 0.4) is 0 Å². The fraction of sp³-hybridized carbons (Fsp3) is 0.476. The number of anilines is 1. The van der Waals surface area contributed by atoms with Crippen LogP contribution in [0.1, 0.15) is 48.5 Å². The summed E-state index contributed by atoms with van der Waals surface area (Å²) in [7, 11) is 0. The lowest BCUT2D eigenvalue weighted by Crippen LogP contribution is -2.48. The highest BCUT2D eigenvalue weighted by Crippen LogP contribution is 2.36. The summed E-state index contributed by atoms with van der Waals surface area (Å²) in [6.45, 7) is 3.45. The van der Waals surface area contributed by atoms with E-state index < -0.39 is 0 Å². The van der Waals surface area contributed by atoms with Gasteiger partial charge in [-0.25, -0.2) is 4.68 Å². The molecule has 0 N–H and O–H groups in total. The van der Waals surface area contributed by atoms with Gasteiger partial charge in [-0.2, -0.15) is 0 Å². The summed E-state index contributed by atoms with van der Waals surface area (Å²) < 4.78 is 2.07. The number of benzene rings is 1. The lowest BCUT2D eigenvalue weighted by Gasteiger charge is -2.39. The largest absolute Gasteiger partial charge is 0.369 e. The number of rotatable bonds is 6. The summed E-state index contributed by atoms with van der Waals surface area (Å²) in [5, 5.41) is 25.9. The summed E-state index contributed by atoms with van der Waals surface area (Å²) in [6.07, 6.45) is 4.76. The van der Waals surface area contributed by atoms with Crippen LogP contribution in [0.25, 0.3) is 0 Å². The average Bonchev–Trinajstić information content (AvgIpc) is 3.57. The molecule has 1 atom stereocenters. The number of hydrogen-bond acceptors (Lipinski definition) is 8. The molecule has 2 aromatic heterocycles. The number of nitro benzene ring substituents is 1. The van der Waals surface area contributed by atoms with Crippen molar-refractivity contribution in [3.8, 4) is 0 Å². The highest BCUT2D eigenvalue weighted by Gasteiger charge is 2.33. The maximum atomic E-state index is 10.9. The van der Waals surface area contributed by atoms with Crippen molar-refractivity contribution < 1.29 is 4.92 Å². The fourth-order valence-corrected chi connectivity index (χ4v) is 5.59. The van der Waals surface area contributed by atoms with Crippen LogP contribution in [-0.4, -0.2) is 56.2 Å². The summed E-state index contributed by atoms with van der Waals surface area (Å²) in [5.74, 6) is 0.943. The van der Waals surface area contributed by atoms with Crippen LogP contribution >= 0.6 is 11.3 Å². The maximum absolute atomic E-state index is 10.9. The van der Waals surface area contributed by atoms with E-state index in [-0.39, 0.29) is 16.7 Å². The van der Waals surface area contributed by atoms with E-state index >= 15 is 0 Å². The van der Waals surface area contributed by atoms with E-state index in [4.69, 9.17) is 0 Å². The van der Waals surface area contributed by atoms with Crippen molar-refractivity contribution in [1.29, 1.82) is 0 Å². The standard InChI is InChI=1S/C21H25N7O2S/c29-28(30)18-9-7-16(8-10-18)25-11-13-26(14-12-25)20(19-6-3-15-31-19)21-22-23-24-27(21)17-4-1-2-5-17/h3,6-10,15,17,20H,1-2,4-5,11-14H2. The summed E-state index contributed by atoms with van der Waals surface area (Å²) in [6, 6.07) is 11.5. The highest BCUT2D eigenvalue weighted by molar-refractivity contribution is 7.10. The first-order valence-corrected chi connectivity index (χ1v) is 11.6. The predicted molar refractivity (Wildman–Crippen MR) is 118 cm³/mol. The molecule has 1 saturated heterocycles. The third-order valence-electron chi connectivity index (χ3n) is 6.35. The van der Waals surface area contributed by atoms with Gasteiger partial charge in [-0.15, -0.1) is 16.4 Å². The van der Waals surface area contributed by atoms with Gasteiger partial charge in [0.15, 0.2) is 5.82 Å². The van der Waals surface area contributed by atoms with Gasteiger partial charge in [-0.1, -0.05) is 18.9 Å². The zero-order chi connectivity index (χ0) is 21.2.